The fourth-order valence-corrected chi connectivity index (χ4v) is 1.77. The lowest BCUT2D eigenvalue weighted by molar-refractivity contribution is 0.406. The summed E-state index contributed by atoms with van der Waals surface area (Å²) in [6, 6.07) is 7.88. The average molecular weight is 231 g/mol. The minimum absolute atomic E-state index is 0.352. The van der Waals surface area contributed by atoms with Gasteiger partial charge in [-0.2, -0.15) is 0 Å². The maximum absolute atomic E-state index is 9.64. The topological polar surface area (TPSA) is 41.5 Å². The number of aliphatic hydroxyl groups is 1. The number of hydrogen-bond donors (Lipinski definition) is 2. The third-order valence-electron chi connectivity index (χ3n) is 2.77. The van der Waals surface area contributed by atoms with Crippen LogP contribution in [0.4, 0.5) is 0 Å². The highest BCUT2D eigenvalue weighted by Gasteiger charge is 2.06. The number of rotatable bonds is 4. The van der Waals surface area contributed by atoms with Crippen molar-refractivity contribution in [1.82, 2.24) is 5.32 Å². The second-order valence-electron chi connectivity index (χ2n) is 3.99. The molecule has 0 fully saturated rings. The molecule has 0 heterocycles. The van der Waals surface area contributed by atoms with Crippen molar-refractivity contribution in [2.75, 3.05) is 7.11 Å². The van der Waals surface area contributed by atoms with Gasteiger partial charge in [-0.3, -0.25) is 0 Å². The molecule has 0 radical (unpaired) electrons. The van der Waals surface area contributed by atoms with E-state index in [1.807, 2.05) is 36.4 Å². The largest absolute Gasteiger partial charge is 0.506 e. The molecule has 0 saturated carbocycles. The van der Waals surface area contributed by atoms with Crippen LogP contribution in [0.2, 0.25) is 0 Å². The second kappa shape index (κ2) is 5.43. The Bertz CT molecular complexity index is 432. The summed E-state index contributed by atoms with van der Waals surface area (Å²) in [7, 11) is 1.66. The Morgan fingerprint density at radius 3 is 2.53 bits per heavy atom. The Labute approximate surface area is 101 Å². The van der Waals surface area contributed by atoms with Gasteiger partial charge in [0.2, 0.25) is 0 Å². The molecule has 0 bridgehead atoms. The molecule has 17 heavy (non-hydrogen) atoms. The SMILES string of the molecule is COc1ccc(CNC2=CCCC=C2O)cc1. The van der Waals surface area contributed by atoms with Gasteiger partial charge in [0.05, 0.1) is 12.8 Å². The third kappa shape index (κ3) is 3.03. The molecule has 0 saturated heterocycles. The molecule has 0 aromatic heterocycles. The molecular weight excluding hydrogens is 214 g/mol. The highest BCUT2D eigenvalue weighted by Crippen LogP contribution is 2.15. The summed E-state index contributed by atoms with van der Waals surface area (Å²) >= 11 is 0. The third-order valence-corrected chi connectivity index (χ3v) is 2.77. The summed E-state index contributed by atoms with van der Waals surface area (Å²) in [6.45, 7) is 0.702. The number of ether oxygens (including phenoxy) is 1. The van der Waals surface area contributed by atoms with Gasteiger partial charge < -0.3 is 15.2 Å². The van der Waals surface area contributed by atoms with Crippen LogP contribution in [0, 0.1) is 0 Å². The smallest absolute Gasteiger partial charge is 0.134 e. The minimum atomic E-state index is 0.352. The molecular formula is C14H17NO2. The summed E-state index contributed by atoms with van der Waals surface area (Å²) in [5.41, 5.74) is 1.98. The Balaban J connectivity index is 1.93. The first kappa shape index (κ1) is 11.6. The zero-order chi connectivity index (χ0) is 12.1. The minimum Gasteiger partial charge on any atom is -0.506 e. The number of methoxy groups -OCH3 is 1. The van der Waals surface area contributed by atoms with Crippen LogP contribution in [0.25, 0.3) is 0 Å². The van der Waals surface area contributed by atoms with E-state index in [2.05, 4.69) is 5.32 Å². The van der Waals surface area contributed by atoms with E-state index < -0.39 is 0 Å². The quantitative estimate of drug-likeness (QED) is 0.837. The molecule has 0 atom stereocenters. The molecule has 0 unspecified atom stereocenters. The molecule has 1 aromatic carbocycles. The predicted molar refractivity (Wildman–Crippen MR) is 67.9 cm³/mol. The summed E-state index contributed by atoms with van der Waals surface area (Å²) < 4.78 is 5.10. The van der Waals surface area contributed by atoms with E-state index in [1.54, 1.807) is 7.11 Å². The lowest BCUT2D eigenvalue weighted by atomic mass is 10.1. The first-order valence-corrected chi connectivity index (χ1v) is 5.76. The summed E-state index contributed by atoms with van der Waals surface area (Å²) in [5, 5.41) is 12.9. The van der Waals surface area contributed by atoms with Crippen molar-refractivity contribution in [3.8, 4) is 5.75 Å². The standard InChI is InChI=1S/C14H17NO2/c1-17-12-8-6-11(7-9-12)10-15-13-4-2-3-5-14(13)16/h4-9,15-16H,2-3,10H2,1H3. The normalized spacial score (nSPS) is 14.9. The molecule has 3 nitrogen and oxygen atoms in total. The molecule has 0 aliphatic heterocycles. The number of nitrogens with one attached hydrogen (secondary N) is 1. The van der Waals surface area contributed by atoms with Gasteiger partial charge in [-0.05, 0) is 36.6 Å². The van der Waals surface area contributed by atoms with Crippen LogP contribution in [0.3, 0.4) is 0 Å². The molecule has 2 N–H and O–H groups in total. The first-order valence-electron chi connectivity index (χ1n) is 5.76. The van der Waals surface area contributed by atoms with Crippen LogP contribution in [0.1, 0.15) is 18.4 Å². The van der Waals surface area contributed by atoms with Crippen LogP contribution in [-0.2, 0) is 6.54 Å². The predicted octanol–water partition coefficient (Wildman–Crippen LogP) is 2.90. The fourth-order valence-electron chi connectivity index (χ4n) is 1.77. The van der Waals surface area contributed by atoms with Crippen molar-refractivity contribution in [1.29, 1.82) is 0 Å². The van der Waals surface area contributed by atoms with Gasteiger partial charge in [-0.15, -0.1) is 0 Å². The highest BCUT2D eigenvalue weighted by atomic mass is 16.5. The van der Waals surface area contributed by atoms with Gasteiger partial charge in [0.1, 0.15) is 11.5 Å². The second-order valence-corrected chi connectivity index (χ2v) is 3.99. The molecule has 90 valence electrons. The van der Waals surface area contributed by atoms with Gasteiger partial charge in [-0.25, -0.2) is 0 Å². The summed E-state index contributed by atoms with van der Waals surface area (Å²) in [4.78, 5) is 0. The average Bonchev–Trinajstić information content (AvgIpc) is 2.38. The monoisotopic (exact) mass is 231 g/mol. The maximum atomic E-state index is 9.64. The number of hydrogen-bond acceptors (Lipinski definition) is 3. The molecule has 1 aliphatic carbocycles. The Kier molecular flexibility index (Phi) is 3.70. The van der Waals surface area contributed by atoms with Crippen LogP contribution >= 0.6 is 0 Å². The van der Waals surface area contributed by atoms with E-state index in [-0.39, 0.29) is 0 Å². The molecule has 3 heteroatoms. The van der Waals surface area contributed by atoms with Crippen LogP contribution in [-0.4, -0.2) is 12.2 Å². The molecule has 0 amide bonds. The number of benzene rings is 1. The maximum Gasteiger partial charge on any atom is 0.134 e. The molecule has 2 rings (SSSR count). The Hall–Kier alpha value is -1.90. The van der Waals surface area contributed by atoms with Crippen LogP contribution < -0.4 is 10.1 Å². The van der Waals surface area contributed by atoms with Gasteiger partial charge in [0, 0.05) is 6.54 Å². The van der Waals surface area contributed by atoms with Crippen molar-refractivity contribution in [3.63, 3.8) is 0 Å². The number of aliphatic hydroxyl groups excluding tert-OH is 1. The van der Waals surface area contributed by atoms with E-state index in [1.165, 1.54) is 0 Å². The van der Waals surface area contributed by atoms with E-state index in [0.29, 0.717) is 12.3 Å². The van der Waals surface area contributed by atoms with Crippen molar-refractivity contribution in [2.24, 2.45) is 0 Å². The fraction of sp³-hybridized carbons (Fsp3) is 0.286. The summed E-state index contributed by atoms with van der Waals surface area (Å²) in [5.74, 6) is 1.21. The van der Waals surface area contributed by atoms with Gasteiger partial charge in [-0.1, -0.05) is 18.2 Å². The molecule has 1 aromatic rings. The Morgan fingerprint density at radius 1 is 1.18 bits per heavy atom. The van der Waals surface area contributed by atoms with Gasteiger partial charge in [0.15, 0.2) is 0 Å². The van der Waals surface area contributed by atoms with Crippen molar-refractivity contribution in [3.05, 3.63) is 53.4 Å². The lowest BCUT2D eigenvalue weighted by Gasteiger charge is -2.13. The van der Waals surface area contributed by atoms with E-state index in [9.17, 15) is 5.11 Å². The lowest BCUT2D eigenvalue weighted by Crippen LogP contribution is -2.15. The highest BCUT2D eigenvalue weighted by molar-refractivity contribution is 5.30. The molecule has 1 aliphatic rings. The van der Waals surface area contributed by atoms with E-state index in [4.69, 9.17) is 4.74 Å². The van der Waals surface area contributed by atoms with Crippen molar-refractivity contribution in [2.45, 2.75) is 19.4 Å². The number of allylic oxidation sites excluding steroid dienone is 2. The zero-order valence-corrected chi connectivity index (χ0v) is 9.94. The van der Waals surface area contributed by atoms with Gasteiger partial charge >= 0.3 is 0 Å². The van der Waals surface area contributed by atoms with E-state index >= 15 is 0 Å². The van der Waals surface area contributed by atoms with Crippen LogP contribution in [0.15, 0.2) is 47.9 Å². The van der Waals surface area contributed by atoms with Gasteiger partial charge in [0.25, 0.3) is 0 Å². The van der Waals surface area contributed by atoms with E-state index in [0.717, 1.165) is 29.9 Å². The first-order chi connectivity index (χ1) is 8.29. The summed E-state index contributed by atoms with van der Waals surface area (Å²) in [6.07, 6.45) is 5.77. The van der Waals surface area contributed by atoms with Crippen LogP contribution in [0.5, 0.6) is 5.75 Å². The Morgan fingerprint density at radius 2 is 1.88 bits per heavy atom. The van der Waals surface area contributed by atoms with Crippen molar-refractivity contribution < 1.29 is 9.84 Å². The molecule has 0 spiro atoms. The zero-order valence-electron chi connectivity index (χ0n) is 9.94. The van der Waals surface area contributed by atoms with Crippen molar-refractivity contribution >= 4 is 0 Å².